The molecule has 0 aliphatic carbocycles. The predicted molar refractivity (Wildman–Crippen MR) is 90.1 cm³/mol. The Morgan fingerprint density at radius 3 is 2.05 bits per heavy atom. The van der Waals surface area contributed by atoms with Crippen LogP contribution in [0, 0.1) is 0 Å². The van der Waals surface area contributed by atoms with Crippen molar-refractivity contribution in [2.45, 2.75) is 44.1 Å². The molecule has 0 spiro atoms. The molecule has 0 aromatic rings. The zero-order chi connectivity index (χ0) is 16.2. The van der Waals surface area contributed by atoms with Gasteiger partial charge in [-0.25, -0.2) is 4.72 Å². The lowest BCUT2D eigenvalue weighted by Crippen LogP contribution is -2.59. The average molecular weight is 333 g/mol. The van der Waals surface area contributed by atoms with Crippen LogP contribution in [0.25, 0.3) is 0 Å². The Morgan fingerprint density at radius 2 is 1.55 bits per heavy atom. The van der Waals surface area contributed by atoms with Gasteiger partial charge in [0.25, 0.3) is 10.2 Å². The van der Waals surface area contributed by atoms with Crippen LogP contribution >= 0.6 is 0 Å². The quantitative estimate of drug-likeness (QED) is 0.806. The van der Waals surface area contributed by atoms with Crippen LogP contribution in [-0.4, -0.2) is 81.9 Å². The lowest BCUT2D eigenvalue weighted by molar-refractivity contribution is 0.0702. The second-order valence-electron chi connectivity index (χ2n) is 7.06. The third kappa shape index (κ3) is 4.41. The maximum atomic E-state index is 12.6. The standard InChI is InChI=1S/C15H32N4O2S/c1-17(2)15(8-12-18(3)13-9-15)14-16-22(20,21)19-10-6-4-5-7-11-19/h16H,4-14H2,1-3H3. The van der Waals surface area contributed by atoms with E-state index in [1.165, 1.54) is 0 Å². The molecule has 0 bridgehead atoms. The molecule has 0 aromatic heterocycles. The SMILES string of the molecule is CN1CCC(CNS(=O)(=O)N2CCCCCC2)(N(C)C)CC1. The molecule has 0 atom stereocenters. The van der Waals surface area contributed by atoms with Gasteiger partial charge in [0.2, 0.25) is 0 Å². The highest BCUT2D eigenvalue weighted by Gasteiger charge is 2.37. The maximum Gasteiger partial charge on any atom is 0.279 e. The Hall–Kier alpha value is -0.210. The monoisotopic (exact) mass is 332 g/mol. The molecular weight excluding hydrogens is 300 g/mol. The molecule has 2 heterocycles. The molecule has 7 heteroatoms. The third-order valence-electron chi connectivity index (χ3n) is 5.36. The van der Waals surface area contributed by atoms with Gasteiger partial charge in [-0.15, -0.1) is 0 Å². The minimum absolute atomic E-state index is 0.0641. The molecule has 130 valence electrons. The predicted octanol–water partition coefficient (Wildman–Crippen LogP) is 0.723. The van der Waals surface area contributed by atoms with Crippen molar-refractivity contribution in [3.8, 4) is 0 Å². The second kappa shape index (κ2) is 7.57. The first-order valence-corrected chi connectivity index (χ1v) is 9.90. The molecule has 0 unspecified atom stereocenters. The van der Waals surface area contributed by atoms with Crippen LogP contribution in [-0.2, 0) is 10.2 Å². The van der Waals surface area contributed by atoms with Crippen LogP contribution in [0.2, 0.25) is 0 Å². The molecule has 22 heavy (non-hydrogen) atoms. The highest BCUT2D eigenvalue weighted by Crippen LogP contribution is 2.26. The molecule has 2 aliphatic rings. The molecule has 2 saturated heterocycles. The molecular formula is C15H32N4O2S. The van der Waals surface area contributed by atoms with Gasteiger partial charge in [-0.2, -0.15) is 12.7 Å². The van der Waals surface area contributed by atoms with Crippen LogP contribution in [0.4, 0.5) is 0 Å². The summed E-state index contributed by atoms with van der Waals surface area (Å²) in [5.41, 5.74) is -0.0641. The summed E-state index contributed by atoms with van der Waals surface area (Å²) in [4.78, 5) is 4.51. The number of likely N-dealkylation sites (N-methyl/N-ethyl adjacent to an activating group) is 1. The highest BCUT2D eigenvalue weighted by atomic mass is 32.2. The smallest absolute Gasteiger partial charge is 0.279 e. The van der Waals surface area contributed by atoms with Gasteiger partial charge in [-0.3, -0.25) is 0 Å². The second-order valence-corrected chi connectivity index (χ2v) is 8.82. The van der Waals surface area contributed by atoms with Gasteiger partial charge in [0.05, 0.1) is 0 Å². The molecule has 1 N–H and O–H groups in total. The number of piperidine rings is 1. The number of nitrogens with zero attached hydrogens (tertiary/aromatic N) is 3. The Morgan fingerprint density at radius 1 is 1.00 bits per heavy atom. The Balaban J connectivity index is 1.99. The van der Waals surface area contributed by atoms with E-state index >= 15 is 0 Å². The highest BCUT2D eigenvalue weighted by molar-refractivity contribution is 7.87. The van der Waals surface area contributed by atoms with E-state index in [0.29, 0.717) is 19.6 Å². The largest absolute Gasteiger partial charge is 0.306 e. The summed E-state index contributed by atoms with van der Waals surface area (Å²) >= 11 is 0. The zero-order valence-electron chi connectivity index (χ0n) is 14.3. The van der Waals surface area contributed by atoms with Crippen molar-refractivity contribution in [1.29, 1.82) is 0 Å². The fourth-order valence-electron chi connectivity index (χ4n) is 3.42. The van der Waals surface area contributed by atoms with Crippen molar-refractivity contribution in [2.75, 3.05) is 53.9 Å². The van der Waals surface area contributed by atoms with Gasteiger partial charge in [0.1, 0.15) is 0 Å². The van der Waals surface area contributed by atoms with E-state index < -0.39 is 10.2 Å². The van der Waals surface area contributed by atoms with Crippen LogP contribution in [0.1, 0.15) is 38.5 Å². The Bertz CT molecular complexity index is 436. The van der Waals surface area contributed by atoms with Crippen LogP contribution < -0.4 is 4.72 Å². The zero-order valence-corrected chi connectivity index (χ0v) is 15.2. The molecule has 0 amide bonds. The summed E-state index contributed by atoms with van der Waals surface area (Å²) in [6, 6.07) is 0. The first-order valence-electron chi connectivity index (χ1n) is 8.46. The number of likely N-dealkylation sites (tertiary alicyclic amines) is 1. The summed E-state index contributed by atoms with van der Waals surface area (Å²) in [6.07, 6.45) is 6.23. The Kier molecular flexibility index (Phi) is 6.24. The third-order valence-corrected chi connectivity index (χ3v) is 6.91. The van der Waals surface area contributed by atoms with Crippen LogP contribution in [0.3, 0.4) is 0 Å². The van der Waals surface area contributed by atoms with Crippen molar-refractivity contribution in [1.82, 2.24) is 18.8 Å². The minimum atomic E-state index is -3.35. The maximum absolute atomic E-state index is 12.6. The fraction of sp³-hybridized carbons (Fsp3) is 1.00. The fourth-order valence-corrected chi connectivity index (χ4v) is 4.79. The van der Waals surface area contributed by atoms with Crippen molar-refractivity contribution >= 4 is 10.2 Å². The van der Waals surface area contributed by atoms with E-state index in [9.17, 15) is 8.42 Å². The van der Waals surface area contributed by atoms with Crippen molar-refractivity contribution in [3.05, 3.63) is 0 Å². The van der Waals surface area contributed by atoms with E-state index in [2.05, 4.69) is 35.7 Å². The van der Waals surface area contributed by atoms with Gasteiger partial charge in [0, 0.05) is 25.2 Å². The number of hydrogen-bond donors (Lipinski definition) is 1. The summed E-state index contributed by atoms with van der Waals surface area (Å²) in [5, 5.41) is 0. The summed E-state index contributed by atoms with van der Waals surface area (Å²) in [7, 11) is 2.90. The van der Waals surface area contributed by atoms with Crippen molar-refractivity contribution in [2.24, 2.45) is 0 Å². The van der Waals surface area contributed by atoms with E-state index in [1.807, 2.05) is 0 Å². The minimum Gasteiger partial charge on any atom is -0.306 e. The topological polar surface area (TPSA) is 55.9 Å². The lowest BCUT2D eigenvalue weighted by Gasteiger charge is -2.45. The first-order chi connectivity index (χ1) is 10.4. The number of hydrogen-bond acceptors (Lipinski definition) is 4. The van der Waals surface area contributed by atoms with E-state index in [1.54, 1.807) is 4.31 Å². The van der Waals surface area contributed by atoms with Gasteiger partial charge < -0.3 is 9.80 Å². The van der Waals surface area contributed by atoms with E-state index in [0.717, 1.165) is 51.6 Å². The molecule has 2 aliphatic heterocycles. The van der Waals surface area contributed by atoms with Crippen molar-refractivity contribution < 1.29 is 8.42 Å². The van der Waals surface area contributed by atoms with Crippen LogP contribution in [0.15, 0.2) is 0 Å². The van der Waals surface area contributed by atoms with E-state index in [-0.39, 0.29) is 5.54 Å². The Labute approximate surface area is 136 Å². The lowest BCUT2D eigenvalue weighted by atomic mass is 9.86. The van der Waals surface area contributed by atoms with Crippen molar-refractivity contribution in [3.63, 3.8) is 0 Å². The van der Waals surface area contributed by atoms with Crippen LogP contribution in [0.5, 0.6) is 0 Å². The molecule has 0 radical (unpaired) electrons. The number of nitrogens with one attached hydrogen (secondary N) is 1. The van der Waals surface area contributed by atoms with Gasteiger partial charge in [-0.05, 0) is 59.9 Å². The van der Waals surface area contributed by atoms with Gasteiger partial charge in [-0.1, -0.05) is 12.8 Å². The molecule has 6 nitrogen and oxygen atoms in total. The van der Waals surface area contributed by atoms with Gasteiger partial charge in [0.15, 0.2) is 0 Å². The summed E-state index contributed by atoms with van der Waals surface area (Å²) in [5.74, 6) is 0. The van der Waals surface area contributed by atoms with Gasteiger partial charge >= 0.3 is 0 Å². The average Bonchev–Trinajstić information content (AvgIpc) is 2.76. The molecule has 2 rings (SSSR count). The normalized spacial score (nSPS) is 25.3. The van der Waals surface area contributed by atoms with E-state index in [4.69, 9.17) is 0 Å². The molecule has 0 saturated carbocycles. The molecule has 0 aromatic carbocycles. The first kappa shape index (κ1) is 18.1. The molecule has 2 fully saturated rings. The summed E-state index contributed by atoms with van der Waals surface area (Å²) in [6.45, 7) is 3.86. The summed E-state index contributed by atoms with van der Waals surface area (Å²) < 4.78 is 29.7. The number of rotatable bonds is 5.